The molecule has 0 unspecified atom stereocenters. The van der Waals surface area contributed by atoms with Gasteiger partial charge in [-0.3, -0.25) is 0 Å². The minimum Gasteiger partial charge on any atom is -0.494 e. The summed E-state index contributed by atoms with van der Waals surface area (Å²) in [6.45, 7) is 0. The number of aromatic nitrogens is 3. The summed E-state index contributed by atoms with van der Waals surface area (Å²) in [5, 5.41) is 15.8. The van der Waals surface area contributed by atoms with Gasteiger partial charge in [0, 0.05) is 16.3 Å². The van der Waals surface area contributed by atoms with Gasteiger partial charge < -0.3 is 21.1 Å². The Morgan fingerprint density at radius 2 is 1.71 bits per heavy atom. The Bertz CT molecular complexity index is 1310. The van der Waals surface area contributed by atoms with Gasteiger partial charge in [0.05, 0.1) is 34.3 Å². The lowest BCUT2D eigenvalue weighted by Gasteiger charge is -2.12. The maximum Gasteiger partial charge on any atom is 0.199 e. The zero-order valence-corrected chi connectivity index (χ0v) is 14.8. The van der Waals surface area contributed by atoms with Crippen molar-refractivity contribution in [2.75, 3.05) is 11.1 Å². The number of pyridine rings is 2. The van der Waals surface area contributed by atoms with Gasteiger partial charge in [-0.25, -0.2) is 9.97 Å². The van der Waals surface area contributed by atoms with Crippen LogP contribution in [0.2, 0.25) is 0 Å². The second-order valence-corrected chi connectivity index (χ2v) is 6.56. The molecule has 0 aliphatic heterocycles. The predicted molar refractivity (Wildman–Crippen MR) is 113 cm³/mol. The number of rotatable bonds is 3. The Morgan fingerprint density at radius 1 is 0.929 bits per heavy atom. The molecule has 3 heterocycles. The fraction of sp³-hybridized carbons (Fsp3) is 0. The van der Waals surface area contributed by atoms with Crippen molar-refractivity contribution in [2.24, 2.45) is 0 Å². The van der Waals surface area contributed by atoms with Crippen LogP contribution in [-0.4, -0.2) is 20.1 Å². The molecule has 3 aromatic heterocycles. The van der Waals surface area contributed by atoms with E-state index in [1.807, 2.05) is 60.7 Å². The number of nitrogen functional groups attached to an aromatic ring is 1. The number of anilines is 3. The van der Waals surface area contributed by atoms with Crippen LogP contribution < -0.4 is 11.1 Å². The molecule has 2 aromatic carbocycles. The van der Waals surface area contributed by atoms with Gasteiger partial charge in [-0.2, -0.15) is 0 Å². The summed E-state index contributed by atoms with van der Waals surface area (Å²) in [5.41, 5.74) is 10.4. The molecule has 0 spiro atoms. The van der Waals surface area contributed by atoms with Crippen molar-refractivity contribution < 1.29 is 5.11 Å². The molecule has 0 amide bonds. The number of H-pyrrole nitrogens is 1. The lowest BCUT2D eigenvalue weighted by atomic mass is 10.1. The number of nitrogens with zero attached hydrogens (tertiary/aromatic N) is 2. The highest BCUT2D eigenvalue weighted by Gasteiger charge is 2.16. The standard InChI is InChI=1S/C22H17N5O/c23-20-10-9-13(12-24-20)25-18-11-19(26-16-7-3-1-5-14(16)18)21-15-6-2-4-8-17(15)27-22(21)28/h1-12,27-28H,(H2,23,24)(H,25,26). The Balaban J connectivity index is 1.72. The van der Waals surface area contributed by atoms with Crippen LogP contribution in [0, 0.1) is 0 Å². The van der Waals surface area contributed by atoms with Crippen molar-refractivity contribution in [3.63, 3.8) is 0 Å². The van der Waals surface area contributed by atoms with Crippen LogP contribution in [0.25, 0.3) is 33.1 Å². The molecule has 0 saturated carbocycles. The van der Waals surface area contributed by atoms with E-state index in [4.69, 9.17) is 10.7 Å². The van der Waals surface area contributed by atoms with Crippen LogP contribution in [-0.2, 0) is 0 Å². The highest BCUT2D eigenvalue weighted by Crippen LogP contribution is 2.38. The maximum atomic E-state index is 10.5. The van der Waals surface area contributed by atoms with E-state index in [1.54, 1.807) is 12.3 Å². The molecular formula is C22H17N5O. The van der Waals surface area contributed by atoms with Crippen LogP contribution in [0.15, 0.2) is 72.9 Å². The lowest BCUT2D eigenvalue weighted by molar-refractivity contribution is 0.460. The molecule has 0 aliphatic rings. The third kappa shape index (κ3) is 2.68. The van der Waals surface area contributed by atoms with Gasteiger partial charge in [0.2, 0.25) is 0 Å². The van der Waals surface area contributed by atoms with E-state index in [0.29, 0.717) is 17.1 Å². The second-order valence-electron chi connectivity index (χ2n) is 6.56. The highest BCUT2D eigenvalue weighted by atomic mass is 16.3. The molecule has 0 aliphatic carbocycles. The first kappa shape index (κ1) is 16.1. The van der Waals surface area contributed by atoms with Crippen molar-refractivity contribution in [1.29, 1.82) is 0 Å². The molecule has 5 N–H and O–H groups in total. The number of para-hydroxylation sites is 2. The van der Waals surface area contributed by atoms with Crippen LogP contribution in [0.4, 0.5) is 17.2 Å². The number of hydrogen-bond acceptors (Lipinski definition) is 5. The monoisotopic (exact) mass is 367 g/mol. The van der Waals surface area contributed by atoms with E-state index in [0.717, 1.165) is 33.2 Å². The Kier molecular flexibility index (Phi) is 3.62. The van der Waals surface area contributed by atoms with Crippen molar-refractivity contribution in [3.05, 3.63) is 72.9 Å². The zero-order valence-electron chi connectivity index (χ0n) is 14.8. The smallest absolute Gasteiger partial charge is 0.199 e. The van der Waals surface area contributed by atoms with E-state index in [-0.39, 0.29) is 5.88 Å². The highest BCUT2D eigenvalue weighted by molar-refractivity contribution is 6.02. The fourth-order valence-corrected chi connectivity index (χ4v) is 3.43. The second kappa shape index (κ2) is 6.28. The predicted octanol–water partition coefficient (Wildman–Crippen LogP) is 4.81. The molecule has 0 radical (unpaired) electrons. The minimum atomic E-state index is 0.101. The number of nitrogens with two attached hydrogens (primary N) is 1. The molecule has 6 heteroatoms. The third-order valence-electron chi connectivity index (χ3n) is 4.72. The first-order valence-electron chi connectivity index (χ1n) is 8.87. The molecule has 0 bridgehead atoms. The molecule has 28 heavy (non-hydrogen) atoms. The molecule has 0 saturated heterocycles. The number of benzene rings is 2. The van der Waals surface area contributed by atoms with Gasteiger partial charge in [-0.15, -0.1) is 0 Å². The zero-order chi connectivity index (χ0) is 19.1. The summed E-state index contributed by atoms with van der Waals surface area (Å²) in [7, 11) is 0. The summed E-state index contributed by atoms with van der Waals surface area (Å²) in [6, 6.07) is 21.2. The van der Waals surface area contributed by atoms with E-state index in [2.05, 4.69) is 15.3 Å². The fourth-order valence-electron chi connectivity index (χ4n) is 3.43. The van der Waals surface area contributed by atoms with Crippen LogP contribution in [0.3, 0.4) is 0 Å². The van der Waals surface area contributed by atoms with Crippen molar-refractivity contribution in [3.8, 4) is 17.1 Å². The normalized spacial score (nSPS) is 11.1. The van der Waals surface area contributed by atoms with Gasteiger partial charge in [-0.1, -0.05) is 36.4 Å². The molecule has 5 aromatic rings. The van der Waals surface area contributed by atoms with E-state index >= 15 is 0 Å². The topological polar surface area (TPSA) is 99.8 Å². The third-order valence-corrected chi connectivity index (χ3v) is 4.72. The average molecular weight is 367 g/mol. The molecule has 6 nitrogen and oxygen atoms in total. The van der Waals surface area contributed by atoms with Gasteiger partial charge in [0.25, 0.3) is 0 Å². The summed E-state index contributed by atoms with van der Waals surface area (Å²) in [6.07, 6.45) is 1.69. The molecule has 136 valence electrons. The Hall–Kier alpha value is -4.06. The van der Waals surface area contributed by atoms with Gasteiger partial charge in [-0.05, 0) is 30.3 Å². The first-order valence-corrected chi connectivity index (χ1v) is 8.87. The van der Waals surface area contributed by atoms with Crippen LogP contribution >= 0.6 is 0 Å². The first-order chi connectivity index (χ1) is 13.7. The average Bonchev–Trinajstić information content (AvgIpc) is 3.05. The van der Waals surface area contributed by atoms with Crippen molar-refractivity contribution in [1.82, 2.24) is 15.0 Å². The molecule has 5 rings (SSSR count). The molecular weight excluding hydrogens is 350 g/mol. The molecule has 0 fully saturated rings. The Labute approximate surface area is 160 Å². The minimum absolute atomic E-state index is 0.101. The maximum absolute atomic E-state index is 10.5. The van der Waals surface area contributed by atoms with Crippen LogP contribution in [0.1, 0.15) is 0 Å². The Morgan fingerprint density at radius 3 is 2.54 bits per heavy atom. The number of hydrogen-bond donors (Lipinski definition) is 4. The summed E-state index contributed by atoms with van der Waals surface area (Å²) >= 11 is 0. The number of aromatic hydroxyl groups is 1. The van der Waals surface area contributed by atoms with Gasteiger partial charge >= 0.3 is 0 Å². The van der Waals surface area contributed by atoms with E-state index < -0.39 is 0 Å². The number of nitrogens with one attached hydrogen (secondary N) is 2. The van der Waals surface area contributed by atoms with Crippen LogP contribution in [0.5, 0.6) is 5.88 Å². The van der Waals surface area contributed by atoms with Gasteiger partial charge in [0.15, 0.2) is 5.88 Å². The van der Waals surface area contributed by atoms with E-state index in [9.17, 15) is 5.11 Å². The quantitative estimate of drug-likeness (QED) is 0.367. The number of aromatic amines is 1. The summed E-state index contributed by atoms with van der Waals surface area (Å²) in [5.74, 6) is 0.568. The lowest BCUT2D eigenvalue weighted by Crippen LogP contribution is -1.96. The van der Waals surface area contributed by atoms with Crippen molar-refractivity contribution in [2.45, 2.75) is 0 Å². The van der Waals surface area contributed by atoms with Gasteiger partial charge in [0.1, 0.15) is 5.82 Å². The SMILES string of the molecule is Nc1ccc(Nc2cc(-c3c(O)[nH]c4ccccc34)nc3ccccc23)cn1. The number of fused-ring (bicyclic) bond motifs is 2. The largest absolute Gasteiger partial charge is 0.494 e. The molecule has 0 atom stereocenters. The van der Waals surface area contributed by atoms with E-state index in [1.165, 1.54) is 0 Å². The van der Waals surface area contributed by atoms with Crippen molar-refractivity contribution >= 4 is 39.0 Å². The summed E-state index contributed by atoms with van der Waals surface area (Å²) in [4.78, 5) is 11.9. The summed E-state index contributed by atoms with van der Waals surface area (Å²) < 4.78 is 0.